The highest BCUT2D eigenvalue weighted by Crippen LogP contribution is 2.25. The lowest BCUT2D eigenvalue weighted by Gasteiger charge is -2.22. The summed E-state index contributed by atoms with van der Waals surface area (Å²) < 4.78 is 5.06. The predicted molar refractivity (Wildman–Crippen MR) is 97.8 cm³/mol. The van der Waals surface area contributed by atoms with Crippen LogP contribution in [-0.2, 0) is 10.5 Å². The standard InChI is InChI=1S/C18H22N4O3S/c1-13-10-14(20-25-13)12-26-17-15(6-5-7-19-17)18(24)21(2)11-16(23)22-8-3-4-9-22/h5-7,10H,3-4,8-9,11-12H2,1-2H3. The molecule has 2 amide bonds. The second kappa shape index (κ2) is 8.35. The van der Waals surface area contributed by atoms with E-state index in [1.807, 2.05) is 17.9 Å². The molecule has 0 unspecified atom stereocenters. The van der Waals surface area contributed by atoms with Gasteiger partial charge >= 0.3 is 0 Å². The molecule has 2 aromatic heterocycles. The Hall–Kier alpha value is -2.35. The SMILES string of the molecule is Cc1cc(CSc2ncccc2C(=O)N(C)CC(=O)N2CCCC2)no1. The zero-order valence-corrected chi connectivity index (χ0v) is 15.8. The van der Waals surface area contributed by atoms with Crippen LogP contribution in [0.3, 0.4) is 0 Å². The molecule has 0 atom stereocenters. The third kappa shape index (κ3) is 4.43. The molecular weight excluding hydrogens is 352 g/mol. The minimum absolute atomic E-state index is 0.00508. The lowest BCUT2D eigenvalue weighted by molar-refractivity contribution is -0.130. The molecular formula is C18H22N4O3S. The number of aryl methyl sites for hydroxylation is 1. The molecule has 0 radical (unpaired) electrons. The molecule has 2 aromatic rings. The van der Waals surface area contributed by atoms with Crippen LogP contribution in [0.4, 0.5) is 0 Å². The third-order valence-electron chi connectivity index (χ3n) is 4.21. The Balaban J connectivity index is 1.65. The highest BCUT2D eigenvalue weighted by Gasteiger charge is 2.23. The van der Waals surface area contributed by atoms with E-state index in [0.29, 0.717) is 16.3 Å². The molecule has 0 saturated carbocycles. The summed E-state index contributed by atoms with van der Waals surface area (Å²) in [7, 11) is 1.65. The lowest BCUT2D eigenvalue weighted by Crippen LogP contribution is -2.40. The van der Waals surface area contributed by atoms with Gasteiger partial charge in [0.1, 0.15) is 10.8 Å². The van der Waals surface area contributed by atoms with Crippen LogP contribution < -0.4 is 0 Å². The van der Waals surface area contributed by atoms with Gasteiger partial charge in [0.15, 0.2) is 0 Å². The fourth-order valence-electron chi connectivity index (χ4n) is 2.84. The van der Waals surface area contributed by atoms with Crippen LogP contribution in [0.25, 0.3) is 0 Å². The minimum atomic E-state index is -0.204. The van der Waals surface area contributed by atoms with Crippen molar-refractivity contribution in [3.63, 3.8) is 0 Å². The molecule has 0 aliphatic carbocycles. The van der Waals surface area contributed by atoms with Crippen molar-refractivity contribution in [1.82, 2.24) is 19.9 Å². The van der Waals surface area contributed by atoms with Gasteiger partial charge in [-0.2, -0.15) is 0 Å². The molecule has 3 heterocycles. The first kappa shape index (κ1) is 18.4. The van der Waals surface area contributed by atoms with Crippen LogP contribution in [0.1, 0.15) is 34.7 Å². The molecule has 1 fully saturated rings. The number of thioether (sulfide) groups is 1. The van der Waals surface area contributed by atoms with Crippen LogP contribution in [0.2, 0.25) is 0 Å². The summed E-state index contributed by atoms with van der Waals surface area (Å²) in [6, 6.07) is 5.33. The molecule has 0 aromatic carbocycles. The summed E-state index contributed by atoms with van der Waals surface area (Å²) in [6.07, 6.45) is 3.73. The molecule has 1 saturated heterocycles. The smallest absolute Gasteiger partial charge is 0.256 e. The van der Waals surface area contributed by atoms with Gasteiger partial charge in [-0.1, -0.05) is 16.9 Å². The number of hydrogen-bond donors (Lipinski definition) is 0. The predicted octanol–water partition coefficient (Wildman–Crippen LogP) is 2.36. The molecule has 0 N–H and O–H groups in total. The fraction of sp³-hybridized carbons (Fsp3) is 0.444. The summed E-state index contributed by atoms with van der Waals surface area (Å²) in [5, 5.41) is 4.58. The lowest BCUT2D eigenvalue weighted by atomic mass is 10.2. The van der Waals surface area contributed by atoms with Crippen LogP contribution in [0.5, 0.6) is 0 Å². The number of amides is 2. The van der Waals surface area contributed by atoms with Crippen LogP contribution in [0, 0.1) is 6.92 Å². The summed E-state index contributed by atoms with van der Waals surface area (Å²) in [4.78, 5) is 32.7. The summed E-state index contributed by atoms with van der Waals surface area (Å²) in [5.41, 5.74) is 1.29. The van der Waals surface area contributed by atoms with E-state index in [1.165, 1.54) is 16.7 Å². The maximum atomic E-state index is 12.8. The Morgan fingerprint density at radius 3 is 2.81 bits per heavy atom. The van der Waals surface area contributed by atoms with Crippen molar-refractivity contribution < 1.29 is 14.1 Å². The van der Waals surface area contributed by atoms with Gasteiger partial charge in [0.25, 0.3) is 5.91 Å². The zero-order chi connectivity index (χ0) is 18.5. The van der Waals surface area contributed by atoms with Crippen molar-refractivity contribution >= 4 is 23.6 Å². The average molecular weight is 374 g/mol. The van der Waals surface area contributed by atoms with E-state index >= 15 is 0 Å². The largest absolute Gasteiger partial charge is 0.361 e. The molecule has 138 valence electrons. The maximum Gasteiger partial charge on any atom is 0.256 e. The highest BCUT2D eigenvalue weighted by atomic mass is 32.2. The number of hydrogen-bond acceptors (Lipinski definition) is 6. The third-order valence-corrected chi connectivity index (χ3v) is 5.25. The molecule has 8 heteroatoms. The zero-order valence-electron chi connectivity index (χ0n) is 15.0. The number of nitrogens with zero attached hydrogens (tertiary/aromatic N) is 4. The van der Waals surface area contributed by atoms with Crippen LogP contribution in [-0.4, -0.2) is 58.4 Å². The molecule has 26 heavy (non-hydrogen) atoms. The quantitative estimate of drug-likeness (QED) is 0.722. The molecule has 0 spiro atoms. The van der Waals surface area contributed by atoms with Gasteiger partial charge < -0.3 is 14.3 Å². The van der Waals surface area contributed by atoms with Crippen molar-refractivity contribution in [1.29, 1.82) is 0 Å². The van der Waals surface area contributed by atoms with Crippen molar-refractivity contribution in [2.24, 2.45) is 0 Å². The van der Waals surface area contributed by atoms with Crippen LogP contribution in [0.15, 0.2) is 33.9 Å². The monoisotopic (exact) mass is 374 g/mol. The Kier molecular flexibility index (Phi) is 5.92. The number of likely N-dealkylation sites (tertiary alicyclic amines) is 1. The van der Waals surface area contributed by atoms with E-state index in [4.69, 9.17) is 4.52 Å². The second-order valence-corrected chi connectivity index (χ2v) is 7.29. The van der Waals surface area contributed by atoms with Gasteiger partial charge in [0.05, 0.1) is 17.8 Å². The number of carbonyl (C=O) groups excluding carboxylic acids is 2. The Bertz CT molecular complexity index is 786. The van der Waals surface area contributed by atoms with Gasteiger partial charge in [0, 0.05) is 38.2 Å². The molecule has 7 nitrogen and oxygen atoms in total. The van der Waals surface area contributed by atoms with E-state index < -0.39 is 0 Å². The highest BCUT2D eigenvalue weighted by molar-refractivity contribution is 7.98. The summed E-state index contributed by atoms with van der Waals surface area (Å²) >= 11 is 1.43. The summed E-state index contributed by atoms with van der Waals surface area (Å²) in [5.74, 6) is 1.10. The first-order chi connectivity index (χ1) is 12.5. The number of pyridine rings is 1. The Labute approximate surface area is 156 Å². The van der Waals surface area contributed by atoms with E-state index in [1.54, 1.807) is 25.4 Å². The van der Waals surface area contributed by atoms with Crippen molar-refractivity contribution in [3.05, 3.63) is 41.4 Å². The fourth-order valence-corrected chi connectivity index (χ4v) is 3.71. The topological polar surface area (TPSA) is 79.5 Å². The molecule has 1 aliphatic heterocycles. The van der Waals surface area contributed by atoms with E-state index in [0.717, 1.165) is 37.4 Å². The van der Waals surface area contributed by atoms with Crippen molar-refractivity contribution in [3.8, 4) is 0 Å². The molecule has 1 aliphatic rings. The van der Waals surface area contributed by atoms with Gasteiger partial charge in [-0.15, -0.1) is 0 Å². The number of carbonyl (C=O) groups is 2. The average Bonchev–Trinajstić information content (AvgIpc) is 3.31. The Morgan fingerprint density at radius 2 is 2.12 bits per heavy atom. The van der Waals surface area contributed by atoms with E-state index in [-0.39, 0.29) is 18.4 Å². The van der Waals surface area contributed by atoms with Gasteiger partial charge in [-0.05, 0) is 31.9 Å². The summed E-state index contributed by atoms with van der Waals surface area (Å²) in [6.45, 7) is 3.49. The first-order valence-electron chi connectivity index (χ1n) is 8.58. The van der Waals surface area contributed by atoms with Crippen molar-refractivity contribution in [2.75, 3.05) is 26.7 Å². The normalized spacial score (nSPS) is 13.8. The van der Waals surface area contributed by atoms with Gasteiger partial charge in [0.2, 0.25) is 5.91 Å². The first-order valence-corrected chi connectivity index (χ1v) is 9.56. The Morgan fingerprint density at radius 1 is 1.35 bits per heavy atom. The molecule has 0 bridgehead atoms. The van der Waals surface area contributed by atoms with Crippen LogP contribution >= 0.6 is 11.8 Å². The van der Waals surface area contributed by atoms with Gasteiger partial charge in [-0.3, -0.25) is 9.59 Å². The molecule has 3 rings (SSSR count). The number of likely N-dealkylation sites (N-methyl/N-ethyl adjacent to an activating group) is 1. The number of aromatic nitrogens is 2. The maximum absolute atomic E-state index is 12.8. The van der Waals surface area contributed by atoms with E-state index in [9.17, 15) is 9.59 Å². The second-order valence-electron chi connectivity index (χ2n) is 6.32. The van der Waals surface area contributed by atoms with Gasteiger partial charge in [-0.25, -0.2) is 4.98 Å². The van der Waals surface area contributed by atoms with Crippen molar-refractivity contribution in [2.45, 2.75) is 30.5 Å². The van der Waals surface area contributed by atoms with E-state index in [2.05, 4.69) is 10.1 Å². The minimum Gasteiger partial charge on any atom is -0.361 e. The number of rotatable bonds is 6.